The van der Waals surface area contributed by atoms with Crippen LogP contribution in [0.25, 0.3) is 0 Å². The van der Waals surface area contributed by atoms with Crippen molar-refractivity contribution in [1.29, 1.82) is 0 Å². The Morgan fingerprint density at radius 2 is 1.83 bits per heavy atom. The van der Waals surface area contributed by atoms with E-state index >= 15 is 0 Å². The molecule has 2 N–H and O–H groups in total. The molecule has 0 saturated carbocycles. The number of nitrogens with one attached hydrogen (secondary N) is 1. The Bertz CT molecular complexity index is 655. The van der Waals surface area contributed by atoms with Gasteiger partial charge >= 0.3 is 5.97 Å². The first kappa shape index (κ1) is 16.7. The molecule has 0 radical (unpaired) electrons. The quantitative estimate of drug-likeness (QED) is 0.822. The standard InChI is InChI=1S/C20H24N2O2/c23-20(24)19-8-6-16(7-9-19)12-21-13-18-10-11-22(15-18)14-17-4-2-1-3-5-17/h1-9,18,21H,10-15H2,(H,23,24). The van der Waals surface area contributed by atoms with Gasteiger partial charge in [-0.2, -0.15) is 0 Å². The van der Waals surface area contributed by atoms with Crippen LogP contribution in [0.3, 0.4) is 0 Å². The molecule has 126 valence electrons. The van der Waals surface area contributed by atoms with Gasteiger partial charge in [-0.25, -0.2) is 4.79 Å². The van der Waals surface area contributed by atoms with Crippen LogP contribution in [-0.2, 0) is 13.1 Å². The molecule has 24 heavy (non-hydrogen) atoms. The monoisotopic (exact) mass is 324 g/mol. The number of carbonyl (C=O) groups is 1. The van der Waals surface area contributed by atoms with Crippen molar-refractivity contribution in [3.05, 3.63) is 71.3 Å². The predicted molar refractivity (Wildman–Crippen MR) is 94.9 cm³/mol. The van der Waals surface area contributed by atoms with Crippen LogP contribution in [0.2, 0.25) is 0 Å². The zero-order valence-corrected chi connectivity index (χ0v) is 13.8. The third kappa shape index (κ3) is 4.66. The minimum Gasteiger partial charge on any atom is -0.478 e. The van der Waals surface area contributed by atoms with Gasteiger partial charge in [-0.05, 0) is 48.7 Å². The maximum absolute atomic E-state index is 10.8. The van der Waals surface area contributed by atoms with Gasteiger partial charge in [0.25, 0.3) is 0 Å². The molecule has 0 aliphatic carbocycles. The van der Waals surface area contributed by atoms with Crippen LogP contribution in [0.1, 0.15) is 27.9 Å². The van der Waals surface area contributed by atoms with Crippen molar-refractivity contribution in [1.82, 2.24) is 10.2 Å². The highest BCUT2D eigenvalue weighted by Gasteiger charge is 2.21. The smallest absolute Gasteiger partial charge is 0.335 e. The van der Waals surface area contributed by atoms with Crippen LogP contribution < -0.4 is 5.32 Å². The van der Waals surface area contributed by atoms with Crippen LogP contribution >= 0.6 is 0 Å². The van der Waals surface area contributed by atoms with Crippen LogP contribution in [-0.4, -0.2) is 35.6 Å². The van der Waals surface area contributed by atoms with Gasteiger partial charge in [0, 0.05) is 19.6 Å². The third-order valence-corrected chi connectivity index (χ3v) is 4.58. The molecule has 2 aromatic rings. The van der Waals surface area contributed by atoms with E-state index in [0.29, 0.717) is 11.5 Å². The second-order valence-corrected chi connectivity index (χ2v) is 6.51. The number of likely N-dealkylation sites (tertiary alicyclic amines) is 1. The Balaban J connectivity index is 1.39. The van der Waals surface area contributed by atoms with Crippen LogP contribution in [0, 0.1) is 5.92 Å². The van der Waals surface area contributed by atoms with E-state index in [-0.39, 0.29) is 0 Å². The first-order valence-electron chi connectivity index (χ1n) is 8.50. The first-order chi connectivity index (χ1) is 11.7. The summed E-state index contributed by atoms with van der Waals surface area (Å²) in [6, 6.07) is 17.7. The molecule has 1 aliphatic rings. The second kappa shape index (κ2) is 8.08. The summed E-state index contributed by atoms with van der Waals surface area (Å²) in [4.78, 5) is 13.4. The largest absolute Gasteiger partial charge is 0.478 e. The van der Waals surface area contributed by atoms with Gasteiger partial charge in [-0.3, -0.25) is 4.90 Å². The van der Waals surface area contributed by atoms with Crippen molar-refractivity contribution >= 4 is 5.97 Å². The molecule has 0 aromatic heterocycles. The number of hydrogen-bond donors (Lipinski definition) is 2. The summed E-state index contributed by atoms with van der Waals surface area (Å²) in [5.74, 6) is -0.189. The summed E-state index contributed by atoms with van der Waals surface area (Å²) in [6.07, 6.45) is 1.23. The van der Waals surface area contributed by atoms with Crippen molar-refractivity contribution in [2.24, 2.45) is 5.92 Å². The number of hydrogen-bond acceptors (Lipinski definition) is 3. The van der Waals surface area contributed by atoms with Crippen molar-refractivity contribution in [3.63, 3.8) is 0 Å². The van der Waals surface area contributed by atoms with Crippen molar-refractivity contribution in [3.8, 4) is 0 Å². The number of nitrogens with zero attached hydrogens (tertiary/aromatic N) is 1. The Morgan fingerprint density at radius 1 is 1.08 bits per heavy atom. The van der Waals surface area contributed by atoms with Gasteiger partial charge in [-0.1, -0.05) is 42.5 Å². The summed E-state index contributed by atoms with van der Waals surface area (Å²) in [5, 5.41) is 12.4. The molecular formula is C20H24N2O2. The number of benzene rings is 2. The van der Waals surface area contributed by atoms with E-state index in [1.54, 1.807) is 12.1 Å². The van der Waals surface area contributed by atoms with Crippen LogP contribution in [0.4, 0.5) is 0 Å². The topological polar surface area (TPSA) is 52.6 Å². The van der Waals surface area contributed by atoms with E-state index < -0.39 is 5.97 Å². The third-order valence-electron chi connectivity index (χ3n) is 4.58. The first-order valence-corrected chi connectivity index (χ1v) is 8.50. The predicted octanol–water partition coefficient (Wildman–Crippen LogP) is 3.00. The molecule has 2 aromatic carbocycles. The Kier molecular flexibility index (Phi) is 5.62. The highest BCUT2D eigenvalue weighted by Crippen LogP contribution is 2.18. The highest BCUT2D eigenvalue weighted by atomic mass is 16.4. The SMILES string of the molecule is O=C(O)c1ccc(CNCC2CCN(Cc3ccccc3)C2)cc1. The van der Waals surface area contributed by atoms with E-state index in [1.807, 2.05) is 12.1 Å². The maximum atomic E-state index is 10.8. The lowest BCUT2D eigenvalue weighted by Gasteiger charge is -2.16. The molecule has 1 atom stereocenters. The maximum Gasteiger partial charge on any atom is 0.335 e. The zero-order chi connectivity index (χ0) is 16.8. The molecule has 1 aliphatic heterocycles. The van der Waals surface area contributed by atoms with E-state index in [2.05, 4.69) is 40.5 Å². The van der Waals surface area contributed by atoms with Gasteiger partial charge in [0.15, 0.2) is 0 Å². The Morgan fingerprint density at radius 3 is 2.54 bits per heavy atom. The van der Waals surface area contributed by atoms with Crippen molar-refractivity contribution in [2.45, 2.75) is 19.5 Å². The lowest BCUT2D eigenvalue weighted by atomic mass is 10.1. The minimum atomic E-state index is -0.876. The van der Waals surface area contributed by atoms with E-state index in [4.69, 9.17) is 5.11 Å². The minimum absolute atomic E-state index is 0.339. The summed E-state index contributed by atoms with van der Waals surface area (Å²) in [7, 11) is 0. The molecule has 1 saturated heterocycles. The molecule has 0 spiro atoms. The molecule has 0 bridgehead atoms. The van der Waals surface area contributed by atoms with Crippen LogP contribution in [0.5, 0.6) is 0 Å². The van der Waals surface area contributed by atoms with E-state index in [0.717, 1.165) is 38.3 Å². The molecule has 1 fully saturated rings. The molecule has 3 rings (SSSR count). The summed E-state index contributed by atoms with van der Waals surface area (Å²) >= 11 is 0. The van der Waals surface area contributed by atoms with Crippen LogP contribution in [0.15, 0.2) is 54.6 Å². The second-order valence-electron chi connectivity index (χ2n) is 6.51. The number of rotatable bonds is 7. The molecule has 1 heterocycles. The molecule has 4 nitrogen and oxygen atoms in total. The fourth-order valence-corrected chi connectivity index (χ4v) is 3.25. The lowest BCUT2D eigenvalue weighted by Crippen LogP contribution is -2.26. The fourth-order valence-electron chi connectivity index (χ4n) is 3.25. The lowest BCUT2D eigenvalue weighted by molar-refractivity contribution is 0.0697. The summed E-state index contributed by atoms with van der Waals surface area (Å²) in [5.41, 5.74) is 2.84. The van der Waals surface area contributed by atoms with Gasteiger partial charge in [-0.15, -0.1) is 0 Å². The van der Waals surface area contributed by atoms with Gasteiger partial charge < -0.3 is 10.4 Å². The average molecular weight is 324 g/mol. The number of aromatic carboxylic acids is 1. The summed E-state index contributed by atoms with van der Waals surface area (Å²) in [6.45, 7) is 5.13. The van der Waals surface area contributed by atoms with Gasteiger partial charge in [0.1, 0.15) is 0 Å². The van der Waals surface area contributed by atoms with Crippen molar-refractivity contribution < 1.29 is 9.90 Å². The Hall–Kier alpha value is -2.17. The van der Waals surface area contributed by atoms with Gasteiger partial charge in [0.2, 0.25) is 0 Å². The molecule has 1 unspecified atom stereocenters. The number of carboxylic acids is 1. The normalized spacial score (nSPS) is 17.9. The molecule has 4 heteroatoms. The number of carboxylic acid groups (broad SMARTS) is 1. The van der Waals surface area contributed by atoms with Crippen molar-refractivity contribution in [2.75, 3.05) is 19.6 Å². The zero-order valence-electron chi connectivity index (χ0n) is 13.8. The fraction of sp³-hybridized carbons (Fsp3) is 0.350. The van der Waals surface area contributed by atoms with Gasteiger partial charge in [0.05, 0.1) is 5.56 Å². The molecule has 0 amide bonds. The summed E-state index contributed by atoms with van der Waals surface area (Å²) < 4.78 is 0. The van der Waals surface area contributed by atoms with E-state index in [1.165, 1.54) is 12.0 Å². The average Bonchev–Trinajstić information content (AvgIpc) is 3.03. The highest BCUT2D eigenvalue weighted by molar-refractivity contribution is 5.87. The van der Waals surface area contributed by atoms with E-state index in [9.17, 15) is 4.79 Å². The molecular weight excluding hydrogens is 300 g/mol. The Labute approximate surface area is 143 Å².